The lowest BCUT2D eigenvalue weighted by Crippen LogP contribution is -2.13. The number of carboxylic acid groups (broad SMARTS) is 1. The summed E-state index contributed by atoms with van der Waals surface area (Å²) in [6, 6.07) is 7.30. The molecule has 0 bridgehead atoms. The van der Waals surface area contributed by atoms with Crippen molar-refractivity contribution in [3.8, 4) is 5.75 Å². The SMILES string of the molecule is Nc1ccccc1OCCOCCOCCOCCC(=O)O. The van der Waals surface area contributed by atoms with Gasteiger partial charge in [-0.3, -0.25) is 4.79 Å². The van der Waals surface area contributed by atoms with Gasteiger partial charge in [0, 0.05) is 0 Å². The van der Waals surface area contributed by atoms with Gasteiger partial charge in [0.25, 0.3) is 0 Å². The maximum absolute atomic E-state index is 10.2. The fourth-order valence-electron chi connectivity index (χ4n) is 1.52. The van der Waals surface area contributed by atoms with Crippen LogP contribution in [0, 0.1) is 0 Å². The lowest BCUT2D eigenvalue weighted by Gasteiger charge is -2.09. The molecule has 0 heterocycles. The molecule has 0 atom stereocenters. The Bertz CT molecular complexity index is 426. The number of carboxylic acids is 1. The van der Waals surface area contributed by atoms with Crippen LogP contribution in [0.15, 0.2) is 24.3 Å². The first kappa shape index (κ1) is 18.2. The van der Waals surface area contributed by atoms with E-state index in [-0.39, 0.29) is 13.0 Å². The normalized spacial score (nSPS) is 10.5. The molecule has 22 heavy (non-hydrogen) atoms. The van der Waals surface area contributed by atoms with Crippen molar-refractivity contribution in [2.75, 3.05) is 52.0 Å². The molecule has 124 valence electrons. The summed E-state index contributed by atoms with van der Waals surface area (Å²) in [5.74, 6) is -0.213. The maximum Gasteiger partial charge on any atom is 0.305 e. The molecule has 1 aromatic carbocycles. The van der Waals surface area contributed by atoms with Crippen molar-refractivity contribution in [3.05, 3.63) is 24.3 Å². The molecule has 0 spiro atoms. The van der Waals surface area contributed by atoms with E-state index < -0.39 is 5.97 Å². The quantitative estimate of drug-likeness (QED) is 0.416. The Kier molecular flexibility index (Phi) is 9.76. The van der Waals surface area contributed by atoms with Gasteiger partial charge >= 0.3 is 5.97 Å². The molecule has 0 unspecified atom stereocenters. The Morgan fingerprint density at radius 2 is 1.45 bits per heavy atom. The summed E-state index contributed by atoms with van der Waals surface area (Å²) in [4.78, 5) is 10.2. The number of hydrogen-bond acceptors (Lipinski definition) is 6. The van der Waals surface area contributed by atoms with E-state index in [1.165, 1.54) is 0 Å². The van der Waals surface area contributed by atoms with Crippen LogP contribution in [0.5, 0.6) is 5.75 Å². The van der Waals surface area contributed by atoms with Gasteiger partial charge in [0.05, 0.1) is 51.7 Å². The topological polar surface area (TPSA) is 100 Å². The second-order valence-electron chi connectivity index (χ2n) is 4.37. The standard InChI is InChI=1S/C15H23NO6/c16-13-3-1-2-4-14(13)22-12-11-21-10-9-20-8-7-19-6-5-15(17)18/h1-4H,5-12,16H2,(H,17,18). The van der Waals surface area contributed by atoms with E-state index in [0.29, 0.717) is 51.1 Å². The van der Waals surface area contributed by atoms with Crippen molar-refractivity contribution < 1.29 is 28.8 Å². The minimum atomic E-state index is -0.867. The molecule has 7 heteroatoms. The van der Waals surface area contributed by atoms with Crippen molar-refractivity contribution in [2.45, 2.75) is 6.42 Å². The first-order valence-corrected chi connectivity index (χ1v) is 7.12. The number of benzene rings is 1. The van der Waals surface area contributed by atoms with Gasteiger partial charge in [-0.15, -0.1) is 0 Å². The highest BCUT2D eigenvalue weighted by atomic mass is 16.6. The zero-order chi connectivity index (χ0) is 16.0. The number of rotatable bonds is 13. The van der Waals surface area contributed by atoms with Crippen LogP contribution in [0.3, 0.4) is 0 Å². The highest BCUT2D eigenvalue weighted by Crippen LogP contribution is 2.19. The minimum absolute atomic E-state index is 0.00897. The van der Waals surface area contributed by atoms with Crippen LogP contribution in [-0.2, 0) is 19.0 Å². The van der Waals surface area contributed by atoms with Gasteiger partial charge < -0.3 is 29.8 Å². The fraction of sp³-hybridized carbons (Fsp3) is 0.533. The Labute approximate surface area is 129 Å². The lowest BCUT2D eigenvalue weighted by molar-refractivity contribution is -0.138. The highest BCUT2D eigenvalue weighted by Gasteiger charge is 1.98. The van der Waals surface area contributed by atoms with Gasteiger partial charge in [0.1, 0.15) is 12.4 Å². The van der Waals surface area contributed by atoms with E-state index in [2.05, 4.69) is 0 Å². The number of nitrogen functional groups attached to an aromatic ring is 1. The second-order valence-corrected chi connectivity index (χ2v) is 4.37. The second kappa shape index (κ2) is 11.8. The Hall–Kier alpha value is -1.83. The maximum atomic E-state index is 10.2. The molecule has 0 amide bonds. The highest BCUT2D eigenvalue weighted by molar-refractivity contribution is 5.66. The van der Waals surface area contributed by atoms with Crippen LogP contribution < -0.4 is 10.5 Å². The van der Waals surface area contributed by atoms with Crippen molar-refractivity contribution >= 4 is 11.7 Å². The van der Waals surface area contributed by atoms with Crippen molar-refractivity contribution in [3.63, 3.8) is 0 Å². The van der Waals surface area contributed by atoms with Gasteiger partial charge in [-0.25, -0.2) is 0 Å². The molecular weight excluding hydrogens is 290 g/mol. The molecule has 1 rings (SSSR count). The largest absolute Gasteiger partial charge is 0.489 e. The predicted molar refractivity (Wildman–Crippen MR) is 81.1 cm³/mol. The lowest BCUT2D eigenvalue weighted by atomic mass is 10.3. The van der Waals surface area contributed by atoms with Crippen LogP contribution in [-0.4, -0.2) is 57.3 Å². The molecule has 0 aliphatic rings. The van der Waals surface area contributed by atoms with Crippen molar-refractivity contribution in [1.29, 1.82) is 0 Å². The van der Waals surface area contributed by atoms with E-state index in [0.717, 1.165) is 0 Å². The summed E-state index contributed by atoms with van der Waals surface area (Å²) >= 11 is 0. The Balaban J connectivity index is 1.84. The van der Waals surface area contributed by atoms with E-state index >= 15 is 0 Å². The number of nitrogens with two attached hydrogens (primary N) is 1. The Morgan fingerprint density at radius 3 is 2.05 bits per heavy atom. The fourth-order valence-corrected chi connectivity index (χ4v) is 1.52. The summed E-state index contributed by atoms with van der Waals surface area (Å²) < 4.78 is 21.2. The summed E-state index contributed by atoms with van der Waals surface area (Å²) in [6.45, 7) is 2.79. The molecule has 7 nitrogen and oxygen atoms in total. The van der Waals surface area contributed by atoms with Crippen LogP contribution in [0.1, 0.15) is 6.42 Å². The average molecular weight is 313 g/mol. The molecule has 0 aliphatic carbocycles. The summed E-state index contributed by atoms with van der Waals surface area (Å²) in [7, 11) is 0. The molecule has 0 aliphatic heterocycles. The van der Waals surface area contributed by atoms with Crippen LogP contribution >= 0.6 is 0 Å². The number of ether oxygens (including phenoxy) is 4. The van der Waals surface area contributed by atoms with Crippen LogP contribution in [0.2, 0.25) is 0 Å². The smallest absolute Gasteiger partial charge is 0.305 e. The third-order valence-electron chi connectivity index (χ3n) is 2.61. The first-order chi connectivity index (χ1) is 10.7. The van der Waals surface area contributed by atoms with E-state index in [4.69, 9.17) is 29.8 Å². The van der Waals surface area contributed by atoms with Crippen LogP contribution in [0.4, 0.5) is 5.69 Å². The zero-order valence-corrected chi connectivity index (χ0v) is 12.5. The van der Waals surface area contributed by atoms with Crippen molar-refractivity contribution in [2.24, 2.45) is 0 Å². The predicted octanol–water partition coefficient (Wildman–Crippen LogP) is 1.17. The summed E-state index contributed by atoms with van der Waals surface area (Å²) in [5.41, 5.74) is 6.34. The van der Waals surface area contributed by atoms with E-state index in [1.54, 1.807) is 6.07 Å². The molecule has 0 aromatic heterocycles. The monoisotopic (exact) mass is 313 g/mol. The Morgan fingerprint density at radius 1 is 0.909 bits per heavy atom. The molecule has 0 radical (unpaired) electrons. The molecular formula is C15H23NO6. The molecule has 1 aromatic rings. The molecule has 0 saturated carbocycles. The van der Waals surface area contributed by atoms with Gasteiger partial charge in [0.2, 0.25) is 0 Å². The van der Waals surface area contributed by atoms with Gasteiger partial charge in [-0.05, 0) is 12.1 Å². The molecule has 0 fully saturated rings. The average Bonchev–Trinajstić information content (AvgIpc) is 2.49. The van der Waals surface area contributed by atoms with Gasteiger partial charge in [0.15, 0.2) is 0 Å². The molecule has 3 N–H and O–H groups in total. The van der Waals surface area contributed by atoms with Gasteiger partial charge in [-0.1, -0.05) is 12.1 Å². The van der Waals surface area contributed by atoms with Gasteiger partial charge in [-0.2, -0.15) is 0 Å². The van der Waals surface area contributed by atoms with E-state index in [1.807, 2.05) is 18.2 Å². The summed E-state index contributed by atoms with van der Waals surface area (Å²) in [6.07, 6.45) is 0.00897. The molecule has 0 saturated heterocycles. The number of para-hydroxylation sites is 2. The first-order valence-electron chi connectivity index (χ1n) is 7.12. The number of aliphatic carboxylic acids is 1. The number of anilines is 1. The number of carbonyl (C=O) groups is 1. The summed E-state index contributed by atoms with van der Waals surface area (Å²) in [5, 5.41) is 8.40. The third-order valence-corrected chi connectivity index (χ3v) is 2.61. The third kappa shape index (κ3) is 9.17. The van der Waals surface area contributed by atoms with Crippen molar-refractivity contribution in [1.82, 2.24) is 0 Å². The van der Waals surface area contributed by atoms with E-state index in [9.17, 15) is 4.79 Å². The minimum Gasteiger partial charge on any atom is -0.489 e. The zero-order valence-electron chi connectivity index (χ0n) is 12.5. The van der Waals surface area contributed by atoms with Crippen LogP contribution in [0.25, 0.3) is 0 Å². The number of hydrogen-bond donors (Lipinski definition) is 2.